The van der Waals surface area contributed by atoms with Crippen molar-refractivity contribution in [2.75, 3.05) is 30.2 Å². The van der Waals surface area contributed by atoms with E-state index in [2.05, 4.69) is 0 Å². The number of carbonyl (C=O) groups is 1. The van der Waals surface area contributed by atoms with Crippen molar-refractivity contribution in [2.45, 2.75) is 33.6 Å². The Labute approximate surface area is 134 Å². The molecule has 0 N–H and O–H groups in total. The molecule has 1 rings (SSSR count). The lowest BCUT2D eigenvalue weighted by molar-refractivity contribution is -0.130. The van der Waals surface area contributed by atoms with E-state index in [4.69, 9.17) is 0 Å². The van der Waals surface area contributed by atoms with Crippen molar-refractivity contribution in [3.05, 3.63) is 29.8 Å². The summed E-state index contributed by atoms with van der Waals surface area (Å²) in [7, 11) is -3.42. The predicted octanol–water partition coefficient (Wildman–Crippen LogP) is 2.27. The molecule has 1 aromatic rings. The first-order valence-electron chi connectivity index (χ1n) is 7.68. The van der Waals surface area contributed by atoms with Crippen molar-refractivity contribution >= 4 is 21.6 Å². The van der Waals surface area contributed by atoms with E-state index < -0.39 is 10.0 Å². The molecular formula is C16H26N2O3S. The molecule has 0 aromatic heterocycles. The molecule has 0 radical (unpaired) electrons. The van der Waals surface area contributed by atoms with Gasteiger partial charge in [-0.1, -0.05) is 25.1 Å². The number of hydrogen-bond acceptors (Lipinski definition) is 3. The van der Waals surface area contributed by atoms with Gasteiger partial charge in [0.05, 0.1) is 11.9 Å². The molecule has 0 fully saturated rings. The average Bonchev–Trinajstić information content (AvgIpc) is 2.47. The van der Waals surface area contributed by atoms with Crippen LogP contribution in [0, 0.1) is 0 Å². The molecule has 0 atom stereocenters. The highest BCUT2D eigenvalue weighted by Crippen LogP contribution is 2.23. The summed E-state index contributed by atoms with van der Waals surface area (Å²) < 4.78 is 25.6. The van der Waals surface area contributed by atoms with Gasteiger partial charge in [-0.3, -0.25) is 9.10 Å². The maximum atomic E-state index is 12.1. The lowest BCUT2D eigenvalue weighted by Gasteiger charge is -2.26. The molecule has 6 heteroatoms. The van der Waals surface area contributed by atoms with E-state index in [9.17, 15) is 13.2 Å². The minimum absolute atomic E-state index is 0.0207. The van der Waals surface area contributed by atoms with Crippen molar-refractivity contribution in [1.29, 1.82) is 0 Å². The number of sulfonamides is 1. The smallest absolute Gasteiger partial charge is 0.232 e. The summed E-state index contributed by atoms with van der Waals surface area (Å²) in [6.07, 6.45) is 2.11. The summed E-state index contributed by atoms with van der Waals surface area (Å²) in [5.41, 5.74) is 1.63. The molecule has 0 unspecified atom stereocenters. The number of para-hydroxylation sites is 1. The fourth-order valence-corrected chi connectivity index (χ4v) is 3.41. The molecule has 0 heterocycles. The van der Waals surface area contributed by atoms with Crippen molar-refractivity contribution in [3.8, 4) is 0 Å². The first-order valence-corrected chi connectivity index (χ1v) is 9.53. The van der Waals surface area contributed by atoms with Crippen LogP contribution in [0.15, 0.2) is 24.3 Å². The third-order valence-electron chi connectivity index (χ3n) is 3.69. The quantitative estimate of drug-likeness (QED) is 0.736. The zero-order valence-electron chi connectivity index (χ0n) is 13.9. The van der Waals surface area contributed by atoms with Gasteiger partial charge in [0.1, 0.15) is 0 Å². The van der Waals surface area contributed by atoms with Gasteiger partial charge in [-0.25, -0.2) is 8.42 Å². The van der Waals surface area contributed by atoms with E-state index in [0.29, 0.717) is 18.8 Å². The van der Waals surface area contributed by atoms with Gasteiger partial charge in [0.2, 0.25) is 15.9 Å². The van der Waals surface area contributed by atoms with E-state index in [-0.39, 0.29) is 18.9 Å². The minimum Gasteiger partial charge on any atom is -0.343 e. The standard InChI is InChI=1S/C16H26N2O3S/c1-5-14-10-8-9-11-15(14)18(22(4,20)21)13-12-16(19)17(6-2)7-3/h8-11H,5-7,12-13H2,1-4H3. The Morgan fingerprint density at radius 1 is 1.09 bits per heavy atom. The summed E-state index contributed by atoms with van der Waals surface area (Å²) in [6, 6.07) is 7.42. The maximum Gasteiger partial charge on any atom is 0.232 e. The number of anilines is 1. The van der Waals surface area contributed by atoms with Crippen molar-refractivity contribution in [2.24, 2.45) is 0 Å². The summed E-state index contributed by atoms with van der Waals surface area (Å²) in [5, 5.41) is 0. The first kappa shape index (κ1) is 18.5. The summed E-state index contributed by atoms with van der Waals surface area (Å²) in [6.45, 7) is 7.27. The highest BCUT2D eigenvalue weighted by atomic mass is 32.2. The molecule has 0 aliphatic rings. The minimum atomic E-state index is -3.42. The highest BCUT2D eigenvalue weighted by molar-refractivity contribution is 7.92. The van der Waals surface area contributed by atoms with E-state index in [1.165, 1.54) is 10.6 Å². The molecule has 0 saturated heterocycles. The molecule has 0 spiro atoms. The van der Waals surface area contributed by atoms with Crippen LogP contribution in [0.4, 0.5) is 5.69 Å². The van der Waals surface area contributed by atoms with Gasteiger partial charge >= 0.3 is 0 Å². The number of nitrogens with zero attached hydrogens (tertiary/aromatic N) is 2. The SMILES string of the molecule is CCc1ccccc1N(CCC(=O)N(CC)CC)S(C)(=O)=O. The Kier molecular flexibility index (Phi) is 6.87. The second-order valence-electron chi connectivity index (χ2n) is 5.13. The zero-order chi connectivity index (χ0) is 16.8. The fourth-order valence-electron chi connectivity index (χ4n) is 2.45. The predicted molar refractivity (Wildman–Crippen MR) is 90.6 cm³/mol. The average molecular weight is 326 g/mol. The molecule has 124 valence electrons. The molecular weight excluding hydrogens is 300 g/mol. The van der Waals surface area contributed by atoms with Crippen LogP contribution < -0.4 is 4.31 Å². The summed E-state index contributed by atoms with van der Waals surface area (Å²) in [5.74, 6) is -0.0207. The van der Waals surface area contributed by atoms with Crippen molar-refractivity contribution < 1.29 is 13.2 Å². The number of hydrogen-bond donors (Lipinski definition) is 0. The van der Waals surface area contributed by atoms with Gasteiger partial charge in [0.15, 0.2) is 0 Å². The monoisotopic (exact) mass is 326 g/mol. The number of rotatable bonds is 8. The summed E-state index contributed by atoms with van der Waals surface area (Å²) >= 11 is 0. The second-order valence-corrected chi connectivity index (χ2v) is 7.04. The number of aryl methyl sites for hydroxylation is 1. The topological polar surface area (TPSA) is 57.7 Å². The van der Waals surface area contributed by atoms with E-state index in [1.807, 2.05) is 39.0 Å². The van der Waals surface area contributed by atoms with Crippen LogP contribution in [-0.2, 0) is 21.2 Å². The molecule has 0 aliphatic heterocycles. The van der Waals surface area contributed by atoms with E-state index in [0.717, 1.165) is 12.0 Å². The van der Waals surface area contributed by atoms with Crippen LogP contribution in [0.1, 0.15) is 32.8 Å². The second kappa shape index (κ2) is 8.17. The van der Waals surface area contributed by atoms with Gasteiger partial charge in [0.25, 0.3) is 0 Å². The molecule has 1 aromatic carbocycles. The van der Waals surface area contributed by atoms with E-state index in [1.54, 1.807) is 11.0 Å². The fraction of sp³-hybridized carbons (Fsp3) is 0.562. The van der Waals surface area contributed by atoms with Crippen LogP contribution in [0.5, 0.6) is 0 Å². The number of benzene rings is 1. The van der Waals surface area contributed by atoms with Gasteiger partial charge in [-0.05, 0) is 31.9 Å². The van der Waals surface area contributed by atoms with Crippen LogP contribution in [0.25, 0.3) is 0 Å². The zero-order valence-corrected chi connectivity index (χ0v) is 14.7. The van der Waals surface area contributed by atoms with Gasteiger partial charge < -0.3 is 4.90 Å². The third kappa shape index (κ3) is 4.73. The Hall–Kier alpha value is -1.56. The summed E-state index contributed by atoms with van der Waals surface area (Å²) in [4.78, 5) is 13.8. The normalized spacial score (nSPS) is 11.3. The molecule has 0 bridgehead atoms. The lowest BCUT2D eigenvalue weighted by Crippen LogP contribution is -2.37. The molecule has 1 amide bonds. The third-order valence-corrected chi connectivity index (χ3v) is 4.87. The first-order chi connectivity index (χ1) is 10.3. The number of amides is 1. The number of carbonyl (C=O) groups excluding carboxylic acids is 1. The highest BCUT2D eigenvalue weighted by Gasteiger charge is 2.21. The lowest BCUT2D eigenvalue weighted by atomic mass is 10.1. The van der Waals surface area contributed by atoms with Crippen LogP contribution in [0.2, 0.25) is 0 Å². The largest absolute Gasteiger partial charge is 0.343 e. The molecule has 22 heavy (non-hydrogen) atoms. The van der Waals surface area contributed by atoms with E-state index >= 15 is 0 Å². The Bertz CT molecular complexity index is 595. The Balaban J connectivity index is 2.99. The maximum absolute atomic E-state index is 12.1. The van der Waals surface area contributed by atoms with Crippen LogP contribution in [0.3, 0.4) is 0 Å². The van der Waals surface area contributed by atoms with Gasteiger partial charge in [0, 0.05) is 26.1 Å². The molecule has 5 nitrogen and oxygen atoms in total. The van der Waals surface area contributed by atoms with Crippen molar-refractivity contribution in [3.63, 3.8) is 0 Å². The van der Waals surface area contributed by atoms with Crippen LogP contribution >= 0.6 is 0 Å². The molecule has 0 aliphatic carbocycles. The Morgan fingerprint density at radius 2 is 1.68 bits per heavy atom. The Morgan fingerprint density at radius 3 is 2.18 bits per heavy atom. The van der Waals surface area contributed by atoms with Crippen LogP contribution in [-0.4, -0.2) is 45.1 Å². The van der Waals surface area contributed by atoms with Gasteiger partial charge in [-0.2, -0.15) is 0 Å². The molecule has 0 saturated carbocycles. The van der Waals surface area contributed by atoms with Crippen molar-refractivity contribution in [1.82, 2.24) is 4.90 Å². The van der Waals surface area contributed by atoms with Gasteiger partial charge in [-0.15, -0.1) is 0 Å².